The minimum Gasteiger partial charge on any atom is -0.381 e. The zero-order valence-electron chi connectivity index (χ0n) is 11.7. The second kappa shape index (κ2) is 7.27. The number of rotatable bonds is 6. The molecule has 0 aliphatic carbocycles. The highest BCUT2D eigenvalue weighted by molar-refractivity contribution is 7.80. The zero-order chi connectivity index (χ0) is 13.6. The van der Waals surface area contributed by atoms with Gasteiger partial charge in [-0.1, -0.05) is 0 Å². The molecule has 0 atom stereocenters. The lowest BCUT2D eigenvalue weighted by Crippen LogP contribution is -2.42. The van der Waals surface area contributed by atoms with Gasteiger partial charge >= 0.3 is 0 Å². The summed E-state index contributed by atoms with van der Waals surface area (Å²) in [5.74, 6) is 0.954. The molecule has 1 aliphatic rings. The van der Waals surface area contributed by atoms with Crippen LogP contribution in [0.25, 0.3) is 0 Å². The van der Waals surface area contributed by atoms with Gasteiger partial charge < -0.3 is 9.64 Å². The Bertz CT molecular complexity index is 366. The molecule has 0 saturated carbocycles. The van der Waals surface area contributed by atoms with E-state index in [1.165, 1.54) is 5.56 Å². The smallest absolute Gasteiger partial charge is 0.0472 e. The molecule has 2 heterocycles. The van der Waals surface area contributed by atoms with Gasteiger partial charge in [0.15, 0.2) is 0 Å². The highest BCUT2D eigenvalue weighted by atomic mass is 32.1. The lowest BCUT2D eigenvalue weighted by atomic mass is 9.81. The number of hydrogen-bond donors (Lipinski definition) is 1. The first kappa shape index (κ1) is 14.8. The van der Waals surface area contributed by atoms with E-state index in [0.717, 1.165) is 51.3 Å². The van der Waals surface area contributed by atoms with Crippen molar-refractivity contribution in [3.8, 4) is 0 Å². The lowest BCUT2D eigenvalue weighted by molar-refractivity contribution is 0.0117. The Balaban J connectivity index is 1.81. The number of nitrogens with zero attached hydrogens (tertiary/aromatic N) is 2. The molecule has 0 N–H and O–H groups in total. The number of hydrogen-bond acceptors (Lipinski definition) is 4. The average molecular weight is 280 g/mol. The Hall–Kier alpha value is -0.580. The minimum absolute atomic E-state index is 0.342. The summed E-state index contributed by atoms with van der Waals surface area (Å²) in [6, 6.07) is 4.19. The van der Waals surface area contributed by atoms with Crippen LogP contribution in [-0.2, 0) is 11.2 Å². The van der Waals surface area contributed by atoms with Gasteiger partial charge in [0.2, 0.25) is 0 Å². The normalized spacial score (nSPS) is 18.7. The van der Waals surface area contributed by atoms with Crippen LogP contribution < -0.4 is 0 Å². The maximum atomic E-state index is 5.48. The number of thiol groups is 1. The van der Waals surface area contributed by atoms with Crippen LogP contribution in [0.3, 0.4) is 0 Å². The molecule has 0 aromatic carbocycles. The molecule has 1 fully saturated rings. The van der Waals surface area contributed by atoms with Crippen molar-refractivity contribution in [1.82, 2.24) is 9.88 Å². The van der Waals surface area contributed by atoms with E-state index in [2.05, 4.69) is 41.7 Å². The Morgan fingerprint density at radius 2 is 2.00 bits per heavy atom. The molecule has 0 bridgehead atoms. The van der Waals surface area contributed by atoms with Gasteiger partial charge in [0, 0.05) is 38.7 Å². The fourth-order valence-corrected chi connectivity index (χ4v) is 3.11. The van der Waals surface area contributed by atoms with E-state index >= 15 is 0 Å². The summed E-state index contributed by atoms with van der Waals surface area (Å²) < 4.78 is 5.48. The van der Waals surface area contributed by atoms with Crippen LogP contribution in [0.15, 0.2) is 24.5 Å². The fraction of sp³-hybridized carbons (Fsp3) is 0.667. The van der Waals surface area contributed by atoms with Crippen molar-refractivity contribution in [2.24, 2.45) is 5.41 Å². The largest absolute Gasteiger partial charge is 0.381 e. The van der Waals surface area contributed by atoms with Crippen LogP contribution in [-0.4, -0.2) is 49.0 Å². The molecule has 1 aromatic rings. The van der Waals surface area contributed by atoms with Crippen LogP contribution in [0.2, 0.25) is 0 Å². The van der Waals surface area contributed by atoms with Gasteiger partial charge in [0.25, 0.3) is 0 Å². The second-order valence-corrected chi connectivity index (χ2v) is 5.93. The summed E-state index contributed by atoms with van der Waals surface area (Å²) in [5, 5.41) is 0. The summed E-state index contributed by atoms with van der Waals surface area (Å²) in [7, 11) is 2.21. The van der Waals surface area contributed by atoms with Crippen LogP contribution in [0.5, 0.6) is 0 Å². The molecule has 0 amide bonds. The molecule has 1 aliphatic heterocycles. The molecule has 1 saturated heterocycles. The summed E-state index contributed by atoms with van der Waals surface area (Å²) in [6.45, 7) is 3.98. The van der Waals surface area contributed by atoms with Crippen molar-refractivity contribution in [2.45, 2.75) is 19.3 Å². The number of pyridine rings is 1. The first-order chi connectivity index (χ1) is 9.24. The summed E-state index contributed by atoms with van der Waals surface area (Å²) in [6.07, 6.45) is 7.08. The van der Waals surface area contributed by atoms with E-state index < -0.39 is 0 Å². The Labute approximate surface area is 121 Å². The monoisotopic (exact) mass is 280 g/mol. The first-order valence-electron chi connectivity index (χ1n) is 7.00. The van der Waals surface area contributed by atoms with E-state index in [1.54, 1.807) is 0 Å². The maximum Gasteiger partial charge on any atom is 0.0472 e. The number of aromatic nitrogens is 1. The van der Waals surface area contributed by atoms with Crippen molar-refractivity contribution in [1.29, 1.82) is 0 Å². The standard InChI is InChI=1S/C15H24N2OS/c1-17(9-4-14-2-7-16-8-3-14)12-15(13-19)5-10-18-11-6-15/h2-3,7-8,19H,4-6,9-13H2,1H3. The number of ether oxygens (including phenoxy) is 1. The third-order valence-electron chi connectivity index (χ3n) is 4.03. The molecule has 106 valence electrons. The molecule has 19 heavy (non-hydrogen) atoms. The molecule has 0 radical (unpaired) electrons. The van der Waals surface area contributed by atoms with Crippen LogP contribution in [0.1, 0.15) is 18.4 Å². The number of likely N-dealkylation sites (N-methyl/N-ethyl adjacent to an activating group) is 1. The molecular formula is C15H24N2OS. The van der Waals surface area contributed by atoms with E-state index in [0.29, 0.717) is 5.41 Å². The van der Waals surface area contributed by atoms with Gasteiger partial charge in [-0.15, -0.1) is 0 Å². The van der Waals surface area contributed by atoms with Crippen molar-refractivity contribution in [3.63, 3.8) is 0 Å². The van der Waals surface area contributed by atoms with Gasteiger partial charge in [-0.2, -0.15) is 12.6 Å². The molecule has 2 rings (SSSR count). The Morgan fingerprint density at radius 1 is 1.32 bits per heavy atom. The van der Waals surface area contributed by atoms with Gasteiger partial charge in [0.05, 0.1) is 0 Å². The second-order valence-electron chi connectivity index (χ2n) is 5.61. The summed E-state index contributed by atoms with van der Waals surface area (Å²) in [5.41, 5.74) is 1.70. The van der Waals surface area contributed by atoms with Crippen molar-refractivity contribution in [3.05, 3.63) is 30.1 Å². The fourth-order valence-electron chi connectivity index (χ4n) is 2.69. The van der Waals surface area contributed by atoms with Gasteiger partial charge in [-0.3, -0.25) is 4.98 Å². The van der Waals surface area contributed by atoms with Crippen molar-refractivity contribution >= 4 is 12.6 Å². The molecular weight excluding hydrogens is 256 g/mol. The van der Waals surface area contributed by atoms with Crippen LogP contribution >= 0.6 is 12.6 Å². The van der Waals surface area contributed by atoms with Gasteiger partial charge in [-0.25, -0.2) is 0 Å². The maximum absolute atomic E-state index is 5.48. The predicted octanol–water partition coefficient (Wildman–Crippen LogP) is 2.28. The topological polar surface area (TPSA) is 25.4 Å². The molecule has 1 aromatic heterocycles. The Morgan fingerprint density at radius 3 is 2.63 bits per heavy atom. The summed E-state index contributed by atoms with van der Waals surface area (Å²) >= 11 is 4.57. The highest BCUT2D eigenvalue weighted by Gasteiger charge is 2.32. The quantitative estimate of drug-likeness (QED) is 0.810. The van der Waals surface area contributed by atoms with Gasteiger partial charge in [0.1, 0.15) is 0 Å². The molecule has 4 heteroatoms. The predicted molar refractivity (Wildman–Crippen MR) is 81.8 cm³/mol. The molecule has 0 spiro atoms. The Kier molecular flexibility index (Phi) is 5.67. The van der Waals surface area contributed by atoms with E-state index in [4.69, 9.17) is 4.74 Å². The zero-order valence-corrected chi connectivity index (χ0v) is 12.6. The summed E-state index contributed by atoms with van der Waals surface area (Å²) in [4.78, 5) is 6.49. The first-order valence-corrected chi connectivity index (χ1v) is 7.63. The molecule has 3 nitrogen and oxygen atoms in total. The van der Waals surface area contributed by atoms with E-state index in [-0.39, 0.29) is 0 Å². The minimum atomic E-state index is 0.342. The molecule has 0 unspecified atom stereocenters. The van der Waals surface area contributed by atoms with Crippen molar-refractivity contribution in [2.75, 3.05) is 39.1 Å². The SMILES string of the molecule is CN(CCc1ccncc1)CC1(CS)CCOCC1. The van der Waals surface area contributed by atoms with E-state index in [1.807, 2.05) is 12.4 Å². The third-order valence-corrected chi connectivity index (χ3v) is 4.70. The average Bonchev–Trinajstić information content (AvgIpc) is 2.47. The van der Waals surface area contributed by atoms with Crippen molar-refractivity contribution < 1.29 is 4.74 Å². The van der Waals surface area contributed by atoms with Crippen LogP contribution in [0, 0.1) is 5.41 Å². The van der Waals surface area contributed by atoms with E-state index in [9.17, 15) is 0 Å². The van der Waals surface area contributed by atoms with Crippen LogP contribution in [0.4, 0.5) is 0 Å². The highest BCUT2D eigenvalue weighted by Crippen LogP contribution is 2.32. The lowest BCUT2D eigenvalue weighted by Gasteiger charge is -2.39. The van der Waals surface area contributed by atoms with Gasteiger partial charge in [-0.05, 0) is 55.2 Å². The third kappa shape index (κ3) is 4.48.